The van der Waals surface area contributed by atoms with E-state index in [0.29, 0.717) is 49.0 Å². The van der Waals surface area contributed by atoms with Gasteiger partial charge in [-0.25, -0.2) is 27.3 Å². The van der Waals surface area contributed by atoms with Crippen LogP contribution in [0.25, 0.3) is 11.0 Å². The van der Waals surface area contributed by atoms with Gasteiger partial charge in [-0.05, 0) is 38.5 Å². The highest BCUT2D eigenvalue weighted by Crippen LogP contribution is 2.38. The molecule has 0 saturated heterocycles. The number of thioether (sulfide) groups is 1. The van der Waals surface area contributed by atoms with Gasteiger partial charge in [-0.15, -0.1) is 0 Å². The summed E-state index contributed by atoms with van der Waals surface area (Å²) < 4.78 is 107. The zero-order valence-corrected chi connectivity index (χ0v) is 20.0. The standard InChI is InChI=1S/C23H21F7N2O3S/c1-3-34-9-5-8-32-15-7-6-12(21(33)35-4-2)10-14(15)31-22(32)36-11-13-17(24)19(26)16(23(28,29)30)20(27)18(13)25/h6-7,10H,3-5,8-9,11H2,1-2H3. The van der Waals surface area contributed by atoms with Gasteiger partial charge in [-0.3, -0.25) is 0 Å². The van der Waals surface area contributed by atoms with Crippen LogP contribution in [-0.2, 0) is 27.9 Å². The van der Waals surface area contributed by atoms with E-state index in [9.17, 15) is 35.5 Å². The SMILES string of the molecule is CCOCCCn1c(SCc2c(F)c(F)c(C(F)(F)F)c(F)c2F)nc2cc(C(=O)OCC)ccc21. The number of carbonyl (C=O) groups excluding carboxylic acids is 1. The summed E-state index contributed by atoms with van der Waals surface area (Å²) >= 11 is 0.674. The van der Waals surface area contributed by atoms with Crippen LogP contribution in [0.2, 0.25) is 0 Å². The lowest BCUT2D eigenvalue weighted by atomic mass is 10.1. The number of benzene rings is 2. The first kappa shape index (κ1) is 27.8. The van der Waals surface area contributed by atoms with Crippen LogP contribution in [0.3, 0.4) is 0 Å². The van der Waals surface area contributed by atoms with E-state index < -0.39 is 52.3 Å². The molecule has 0 amide bonds. The van der Waals surface area contributed by atoms with Crippen molar-refractivity contribution in [1.82, 2.24) is 9.55 Å². The molecule has 0 atom stereocenters. The number of aryl methyl sites for hydroxylation is 1. The summed E-state index contributed by atoms with van der Waals surface area (Å²) in [6.45, 7) is 4.82. The Hall–Kier alpha value is -2.80. The van der Waals surface area contributed by atoms with Gasteiger partial charge in [-0.1, -0.05) is 11.8 Å². The van der Waals surface area contributed by atoms with Gasteiger partial charge in [0, 0.05) is 31.1 Å². The van der Waals surface area contributed by atoms with E-state index in [4.69, 9.17) is 9.47 Å². The fourth-order valence-corrected chi connectivity index (χ4v) is 4.47. The molecule has 0 aliphatic carbocycles. The highest BCUT2D eigenvalue weighted by atomic mass is 32.2. The summed E-state index contributed by atoms with van der Waals surface area (Å²) in [5.41, 5.74) is -2.72. The normalized spacial score (nSPS) is 11.9. The maximum absolute atomic E-state index is 14.4. The average Bonchev–Trinajstić information content (AvgIpc) is 3.16. The van der Waals surface area contributed by atoms with E-state index in [2.05, 4.69) is 4.98 Å². The molecule has 0 N–H and O–H groups in total. The topological polar surface area (TPSA) is 53.4 Å². The monoisotopic (exact) mass is 538 g/mol. The predicted molar refractivity (Wildman–Crippen MR) is 118 cm³/mol. The molecule has 1 aromatic heterocycles. The third-order valence-corrected chi connectivity index (χ3v) is 6.09. The van der Waals surface area contributed by atoms with Gasteiger partial charge in [0.1, 0.15) is 5.56 Å². The molecular formula is C23H21F7N2O3S. The molecule has 196 valence electrons. The van der Waals surface area contributed by atoms with E-state index in [-0.39, 0.29) is 17.3 Å². The molecule has 1 heterocycles. The molecule has 13 heteroatoms. The summed E-state index contributed by atoms with van der Waals surface area (Å²) in [5.74, 6) is -10.6. The largest absolute Gasteiger partial charge is 0.462 e. The van der Waals surface area contributed by atoms with E-state index in [0.717, 1.165) is 0 Å². The number of imidazole rings is 1. The Labute approximate surface area is 205 Å². The van der Waals surface area contributed by atoms with Gasteiger partial charge in [0.25, 0.3) is 0 Å². The molecular weight excluding hydrogens is 517 g/mol. The van der Waals surface area contributed by atoms with Crippen molar-refractivity contribution in [3.8, 4) is 0 Å². The minimum Gasteiger partial charge on any atom is -0.462 e. The number of ether oxygens (including phenoxy) is 2. The Morgan fingerprint density at radius 1 is 1.03 bits per heavy atom. The minimum absolute atomic E-state index is 0.154. The summed E-state index contributed by atoms with van der Waals surface area (Å²) in [6, 6.07) is 4.56. The van der Waals surface area contributed by atoms with Gasteiger partial charge < -0.3 is 14.0 Å². The molecule has 0 unspecified atom stereocenters. The van der Waals surface area contributed by atoms with E-state index in [1.807, 2.05) is 6.92 Å². The van der Waals surface area contributed by atoms with E-state index in [1.165, 1.54) is 12.1 Å². The molecule has 0 spiro atoms. The van der Waals surface area contributed by atoms with Crippen LogP contribution in [-0.4, -0.2) is 35.3 Å². The van der Waals surface area contributed by atoms with Crippen LogP contribution >= 0.6 is 11.8 Å². The highest BCUT2D eigenvalue weighted by Gasteiger charge is 2.42. The number of carbonyl (C=O) groups is 1. The molecule has 0 aliphatic rings. The summed E-state index contributed by atoms with van der Waals surface area (Å²) in [4.78, 5) is 16.4. The first-order valence-electron chi connectivity index (χ1n) is 10.8. The minimum atomic E-state index is -5.62. The fraction of sp³-hybridized carbons (Fsp3) is 0.391. The summed E-state index contributed by atoms with van der Waals surface area (Å²) in [5, 5.41) is 0.169. The quantitative estimate of drug-likeness (QED) is 0.0969. The molecule has 5 nitrogen and oxygen atoms in total. The van der Waals surface area contributed by atoms with Crippen LogP contribution in [0, 0.1) is 23.3 Å². The highest BCUT2D eigenvalue weighted by molar-refractivity contribution is 7.98. The van der Waals surface area contributed by atoms with Crippen molar-refractivity contribution >= 4 is 28.8 Å². The molecule has 0 saturated carbocycles. The van der Waals surface area contributed by atoms with E-state index >= 15 is 0 Å². The second kappa shape index (κ2) is 11.5. The lowest BCUT2D eigenvalue weighted by Gasteiger charge is -2.14. The number of esters is 1. The van der Waals surface area contributed by atoms with Crippen molar-refractivity contribution in [1.29, 1.82) is 0 Å². The van der Waals surface area contributed by atoms with Gasteiger partial charge in [-0.2, -0.15) is 13.2 Å². The van der Waals surface area contributed by atoms with Crippen LogP contribution in [0.5, 0.6) is 0 Å². The van der Waals surface area contributed by atoms with Crippen LogP contribution < -0.4 is 0 Å². The third kappa shape index (κ3) is 5.77. The zero-order chi connectivity index (χ0) is 26.6. The number of alkyl halides is 3. The van der Waals surface area contributed by atoms with Gasteiger partial charge in [0.2, 0.25) is 0 Å². The first-order chi connectivity index (χ1) is 17.0. The summed E-state index contributed by atoms with van der Waals surface area (Å²) in [6.07, 6.45) is -5.11. The molecule has 3 aromatic rings. The Balaban J connectivity index is 1.98. The molecule has 0 bridgehead atoms. The lowest BCUT2D eigenvalue weighted by Crippen LogP contribution is -2.17. The van der Waals surface area contributed by atoms with Crippen molar-refractivity contribution < 1.29 is 45.0 Å². The number of hydrogen-bond donors (Lipinski definition) is 0. The maximum atomic E-state index is 14.4. The second-order valence-electron chi connectivity index (χ2n) is 7.42. The number of nitrogens with zero attached hydrogens (tertiary/aromatic N) is 2. The number of rotatable bonds is 10. The van der Waals surface area contributed by atoms with Crippen molar-refractivity contribution in [2.45, 2.75) is 43.9 Å². The van der Waals surface area contributed by atoms with Gasteiger partial charge in [0.05, 0.1) is 23.2 Å². The van der Waals surface area contributed by atoms with Crippen LogP contribution in [0.15, 0.2) is 23.4 Å². The van der Waals surface area contributed by atoms with Crippen LogP contribution in [0.4, 0.5) is 30.7 Å². The van der Waals surface area contributed by atoms with E-state index in [1.54, 1.807) is 17.6 Å². The molecule has 2 aromatic carbocycles. The van der Waals surface area contributed by atoms with Crippen molar-refractivity contribution in [2.24, 2.45) is 0 Å². The first-order valence-corrected chi connectivity index (χ1v) is 11.8. The van der Waals surface area contributed by atoms with Crippen LogP contribution in [0.1, 0.15) is 41.8 Å². The zero-order valence-electron chi connectivity index (χ0n) is 19.1. The Morgan fingerprint density at radius 3 is 2.28 bits per heavy atom. The second-order valence-corrected chi connectivity index (χ2v) is 8.36. The Bertz CT molecular complexity index is 1230. The van der Waals surface area contributed by atoms with Crippen molar-refractivity contribution in [2.75, 3.05) is 19.8 Å². The Kier molecular flexibility index (Phi) is 8.88. The predicted octanol–water partition coefficient (Wildman–Crippen LogP) is 6.51. The summed E-state index contributed by atoms with van der Waals surface area (Å²) in [7, 11) is 0. The molecule has 0 fully saturated rings. The lowest BCUT2D eigenvalue weighted by molar-refractivity contribution is -0.143. The third-order valence-electron chi connectivity index (χ3n) is 5.08. The number of hydrogen-bond acceptors (Lipinski definition) is 5. The average molecular weight is 538 g/mol. The van der Waals surface area contributed by atoms with Crippen molar-refractivity contribution in [3.05, 3.63) is 58.2 Å². The number of halogens is 7. The molecule has 36 heavy (non-hydrogen) atoms. The fourth-order valence-electron chi connectivity index (χ4n) is 3.43. The van der Waals surface area contributed by atoms with Gasteiger partial charge >= 0.3 is 12.1 Å². The van der Waals surface area contributed by atoms with Gasteiger partial charge in [0.15, 0.2) is 28.4 Å². The Morgan fingerprint density at radius 2 is 1.69 bits per heavy atom. The van der Waals surface area contributed by atoms with Crippen molar-refractivity contribution in [3.63, 3.8) is 0 Å². The molecule has 3 rings (SSSR count). The molecule has 0 aliphatic heterocycles. The number of fused-ring (bicyclic) bond motifs is 1. The number of aromatic nitrogens is 2. The molecule has 0 radical (unpaired) electrons. The smallest absolute Gasteiger partial charge is 0.422 e. The maximum Gasteiger partial charge on any atom is 0.422 e.